The molecular formula is C16H24N4O2S. The van der Waals surface area contributed by atoms with Crippen LogP contribution in [0.5, 0.6) is 0 Å². The molecule has 0 spiro atoms. The second-order valence-corrected chi connectivity index (χ2v) is 7.40. The van der Waals surface area contributed by atoms with Crippen LogP contribution in [-0.2, 0) is 4.79 Å². The Morgan fingerprint density at radius 1 is 1.35 bits per heavy atom. The van der Waals surface area contributed by atoms with Crippen molar-refractivity contribution in [3.8, 4) is 0 Å². The van der Waals surface area contributed by atoms with Gasteiger partial charge in [0.1, 0.15) is 0 Å². The Hall–Kier alpha value is -1.60. The van der Waals surface area contributed by atoms with Gasteiger partial charge >= 0.3 is 6.03 Å². The van der Waals surface area contributed by atoms with E-state index in [1.54, 1.807) is 0 Å². The van der Waals surface area contributed by atoms with E-state index in [2.05, 4.69) is 10.6 Å². The average Bonchev–Trinajstić information content (AvgIpc) is 3.15. The van der Waals surface area contributed by atoms with Crippen molar-refractivity contribution in [3.05, 3.63) is 22.4 Å². The van der Waals surface area contributed by atoms with Crippen LogP contribution in [0, 0.1) is 11.8 Å². The monoisotopic (exact) mass is 336 g/mol. The second-order valence-electron chi connectivity index (χ2n) is 6.42. The van der Waals surface area contributed by atoms with Gasteiger partial charge in [-0.25, -0.2) is 4.79 Å². The lowest BCUT2D eigenvalue weighted by Gasteiger charge is -2.24. The lowest BCUT2D eigenvalue weighted by Crippen LogP contribution is -2.38. The van der Waals surface area contributed by atoms with Crippen LogP contribution in [0.4, 0.5) is 4.79 Å². The second kappa shape index (κ2) is 7.31. The fraction of sp³-hybridized carbons (Fsp3) is 0.625. The summed E-state index contributed by atoms with van der Waals surface area (Å²) in [6.45, 7) is 3.78. The molecule has 126 valence electrons. The van der Waals surface area contributed by atoms with Gasteiger partial charge in [0.2, 0.25) is 5.91 Å². The molecule has 3 amide bonds. The fourth-order valence-corrected chi connectivity index (χ4v) is 4.43. The number of nitrogens with zero attached hydrogens (tertiary/aromatic N) is 1. The molecule has 3 rings (SSSR count). The number of nitrogens with one attached hydrogen (secondary N) is 2. The number of carbonyl (C=O) groups excluding carboxylic acids is 2. The molecule has 6 nitrogen and oxygen atoms in total. The number of thiophene rings is 1. The largest absolute Gasteiger partial charge is 0.352 e. The van der Waals surface area contributed by atoms with Crippen molar-refractivity contribution < 1.29 is 9.59 Å². The SMILES string of the molecule is NC(=O)NC(CC(=O)N1CC[C@@H]2CNC[C@@H]2CC1)c1cccs1. The summed E-state index contributed by atoms with van der Waals surface area (Å²) >= 11 is 1.53. The Labute approximate surface area is 140 Å². The molecule has 0 radical (unpaired) electrons. The number of carbonyl (C=O) groups is 2. The first-order valence-electron chi connectivity index (χ1n) is 8.21. The number of hydrogen-bond donors (Lipinski definition) is 3. The van der Waals surface area contributed by atoms with Crippen LogP contribution in [0.25, 0.3) is 0 Å². The standard InChI is InChI=1S/C16H24N4O2S/c17-16(22)19-13(14-2-1-7-23-14)8-15(21)20-5-3-11-9-18-10-12(11)4-6-20/h1-2,7,11-13,18H,3-6,8-10H2,(H3,17,19,22)/t11-,12+,13?. The van der Waals surface area contributed by atoms with E-state index in [0.717, 1.165) is 43.9 Å². The summed E-state index contributed by atoms with van der Waals surface area (Å²) in [5.74, 6) is 1.50. The van der Waals surface area contributed by atoms with Crippen molar-refractivity contribution >= 4 is 23.3 Å². The van der Waals surface area contributed by atoms with E-state index < -0.39 is 6.03 Å². The molecule has 0 aliphatic carbocycles. The maximum atomic E-state index is 12.7. The number of nitrogens with two attached hydrogens (primary N) is 1. The van der Waals surface area contributed by atoms with Gasteiger partial charge in [0.15, 0.2) is 0 Å². The van der Waals surface area contributed by atoms with Crippen molar-refractivity contribution in [2.24, 2.45) is 17.6 Å². The number of hydrogen-bond acceptors (Lipinski definition) is 4. The van der Waals surface area contributed by atoms with E-state index in [0.29, 0.717) is 11.8 Å². The average molecular weight is 336 g/mol. The van der Waals surface area contributed by atoms with Gasteiger partial charge in [0, 0.05) is 18.0 Å². The molecule has 2 fully saturated rings. The molecule has 3 atom stereocenters. The zero-order valence-corrected chi connectivity index (χ0v) is 14.0. The normalized spacial score (nSPS) is 25.5. The van der Waals surface area contributed by atoms with Gasteiger partial charge in [0.05, 0.1) is 12.5 Å². The molecular weight excluding hydrogens is 312 g/mol. The van der Waals surface area contributed by atoms with Crippen LogP contribution in [0.2, 0.25) is 0 Å². The summed E-state index contributed by atoms with van der Waals surface area (Å²) in [4.78, 5) is 26.8. The van der Waals surface area contributed by atoms with Gasteiger partial charge in [-0.1, -0.05) is 6.07 Å². The zero-order valence-electron chi connectivity index (χ0n) is 13.2. The van der Waals surface area contributed by atoms with Gasteiger partial charge in [-0.3, -0.25) is 4.79 Å². The molecule has 23 heavy (non-hydrogen) atoms. The first-order valence-corrected chi connectivity index (χ1v) is 9.09. The number of fused-ring (bicyclic) bond motifs is 1. The Morgan fingerprint density at radius 3 is 2.61 bits per heavy atom. The van der Waals surface area contributed by atoms with Crippen molar-refractivity contribution in [1.82, 2.24) is 15.5 Å². The van der Waals surface area contributed by atoms with Crippen LogP contribution >= 0.6 is 11.3 Å². The predicted octanol–water partition coefficient (Wildman–Crippen LogP) is 1.31. The van der Waals surface area contributed by atoms with Crippen LogP contribution in [0.15, 0.2) is 17.5 Å². The van der Waals surface area contributed by atoms with E-state index in [9.17, 15) is 9.59 Å². The minimum atomic E-state index is -0.590. The summed E-state index contributed by atoms with van der Waals surface area (Å²) in [5.41, 5.74) is 5.26. The highest BCUT2D eigenvalue weighted by Crippen LogP contribution is 2.28. The summed E-state index contributed by atoms with van der Waals surface area (Å²) in [6, 6.07) is 2.93. The molecule has 1 aromatic rings. The van der Waals surface area contributed by atoms with Crippen molar-refractivity contribution in [1.29, 1.82) is 0 Å². The fourth-order valence-electron chi connectivity index (χ4n) is 3.66. The van der Waals surface area contributed by atoms with E-state index in [1.165, 1.54) is 11.3 Å². The third-order valence-corrected chi connectivity index (χ3v) is 5.94. The topological polar surface area (TPSA) is 87.5 Å². The van der Waals surface area contributed by atoms with Crippen molar-refractivity contribution in [3.63, 3.8) is 0 Å². The van der Waals surface area contributed by atoms with Crippen molar-refractivity contribution in [2.75, 3.05) is 26.2 Å². The number of urea groups is 1. The smallest absolute Gasteiger partial charge is 0.312 e. The first-order chi connectivity index (χ1) is 11.1. The highest BCUT2D eigenvalue weighted by molar-refractivity contribution is 7.10. The molecule has 2 aliphatic rings. The van der Waals surface area contributed by atoms with Crippen molar-refractivity contribution in [2.45, 2.75) is 25.3 Å². The number of amides is 3. The van der Waals surface area contributed by atoms with E-state index in [1.807, 2.05) is 22.4 Å². The van der Waals surface area contributed by atoms with Crippen LogP contribution in [-0.4, -0.2) is 43.0 Å². The first kappa shape index (κ1) is 16.3. The Balaban J connectivity index is 1.61. The van der Waals surface area contributed by atoms with Crippen LogP contribution in [0.1, 0.15) is 30.2 Å². The van der Waals surface area contributed by atoms with Gasteiger partial charge in [-0.05, 0) is 49.2 Å². The third kappa shape index (κ3) is 4.03. The maximum Gasteiger partial charge on any atom is 0.312 e. The third-order valence-electron chi connectivity index (χ3n) is 4.95. The van der Waals surface area contributed by atoms with E-state index >= 15 is 0 Å². The molecule has 3 heterocycles. The number of likely N-dealkylation sites (tertiary alicyclic amines) is 1. The summed E-state index contributed by atoms with van der Waals surface area (Å²) in [6.07, 6.45) is 2.41. The predicted molar refractivity (Wildman–Crippen MR) is 90.1 cm³/mol. The summed E-state index contributed by atoms with van der Waals surface area (Å²) in [5, 5.41) is 8.08. The summed E-state index contributed by atoms with van der Waals surface area (Å²) < 4.78 is 0. The lowest BCUT2D eigenvalue weighted by atomic mass is 9.92. The molecule has 0 bridgehead atoms. The quantitative estimate of drug-likeness (QED) is 0.774. The van der Waals surface area contributed by atoms with E-state index in [-0.39, 0.29) is 18.4 Å². The molecule has 1 unspecified atom stereocenters. The van der Waals surface area contributed by atoms with Crippen LogP contribution < -0.4 is 16.4 Å². The van der Waals surface area contributed by atoms with Crippen LogP contribution in [0.3, 0.4) is 0 Å². The zero-order chi connectivity index (χ0) is 16.2. The highest BCUT2D eigenvalue weighted by atomic mass is 32.1. The molecule has 2 saturated heterocycles. The molecule has 0 saturated carbocycles. The Kier molecular flexibility index (Phi) is 5.17. The lowest BCUT2D eigenvalue weighted by molar-refractivity contribution is -0.131. The van der Waals surface area contributed by atoms with E-state index in [4.69, 9.17) is 5.73 Å². The van der Waals surface area contributed by atoms with Gasteiger partial charge in [-0.2, -0.15) is 0 Å². The minimum Gasteiger partial charge on any atom is -0.352 e. The minimum absolute atomic E-state index is 0.102. The highest BCUT2D eigenvalue weighted by Gasteiger charge is 2.32. The number of primary amides is 1. The summed E-state index contributed by atoms with van der Waals surface area (Å²) in [7, 11) is 0. The maximum absolute atomic E-state index is 12.7. The molecule has 2 aliphatic heterocycles. The van der Waals surface area contributed by atoms with Gasteiger partial charge in [0.25, 0.3) is 0 Å². The molecule has 1 aromatic heterocycles. The molecule has 7 heteroatoms. The molecule has 0 aromatic carbocycles. The molecule has 4 N–H and O–H groups in total. The van der Waals surface area contributed by atoms with Gasteiger partial charge in [-0.15, -0.1) is 11.3 Å². The number of rotatable bonds is 4. The van der Waals surface area contributed by atoms with Gasteiger partial charge < -0.3 is 21.3 Å². The Morgan fingerprint density at radius 2 is 2.04 bits per heavy atom. The Bertz CT molecular complexity index is 534.